The highest BCUT2D eigenvalue weighted by Gasteiger charge is 2.55. The fourth-order valence-corrected chi connectivity index (χ4v) is 12.7. The van der Waals surface area contributed by atoms with Crippen LogP contribution in [0.15, 0.2) is 140 Å². The summed E-state index contributed by atoms with van der Waals surface area (Å²) >= 11 is 0. The Morgan fingerprint density at radius 3 is 1.62 bits per heavy atom. The molecule has 0 amide bonds. The first-order chi connectivity index (χ1) is 29.6. The van der Waals surface area contributed by atoms with Gasteiger partial charge >= 0.3 is 0 Å². The molecule has 2 aromatic heterocycles. The standard InChI is InChI=1S/C57H43BN2/c1-5-32-22-23-50-40(24-32)41-26-34(7-3)29-48-53(41)59(50)55-39(36-16-10-9-11-17-36)31-47-56-51(55)58(48)49-30-35(8-4)27-43-42-25-33(6-2)28-46(52(42)60(56)54(43)49)57(47)44-20-14-12-18-37(44)38-19-13-15-21-45(38)57/h9-31H,5-8H2,1-4H3. The first kappa shape index (κ1) is 33.3. The zero-order chi connectivity index (χ0) is 39.8. The van der Waals surface area contributed by atoms with E-state index < -0.39 is 5.41 Å². The van der Waals surface area contributed by atoms with Crippen LogP contribution in [0.2, 0.25) is 0 Å². The van der Waals surface area contributed by atoms with Crippen molar-refractivity contribution in [2.45, 2.75) is 58.8 Å². The summed E-state index contributed by atoms with van der Waals surface area (Å²) in [6, 6.07) is 55.3. The minimum absolute atomic E-state index is 0.0656. The lowest BCUT2D eigenvalue weighted by molar-refractivity contribution is 0.748. The first-order valence-electron chi connectivity index (χ1n) is 22.3. The Balaban J connectivity index is 1.31. The van der Waals surface area contributed by atoms with Crippen LogP contribution in [-0.4, -0.2) is 15.8 Å². The summed E-state index contributed by atoms with van der Waals surface area (Å²) in [7, 11) is 0. The monoisotopic (exact) mass is 766 g/mol. The van der Waals surface area contributed by atoms with Crippen LogP contribution in [-0.2, 0) is 31.1 Å². The molecule has 2 nitrogen and oxygen atoms in total. The van der Waals surface area contributed by atoms with Crippen LogP contribution in [0.5, 0.6) is 0 Å². The fourth-order valence-electron chi connectivity index (χ4n) is 12.7. The van der Waals surface area contributed by atoms with Gasteiger partial charge in [0.05, 0.1) is 22.1 Å². The molecule has 5 heterocycles. The second kappa shape index (κ2) is 11.4. The Kier molecular flexibility index (Phi) is 6.31. The van der Waals surface area contributed by atoms with Crippen LogP contribution >= 0.6 is 0 Å². The van der Waals surface area contributed by atoms with Crippen molar-refractivity contribution in [2.75, 3.05) is 0 Å². The molecule has 3 heteroatoms. The molecule has 3 aliphatic heterocycles. The number of benzene rings is 8. The van der Waals surface area contributed by atoms with E-state index in [1.54, 1.807) is 0 Å². The van der Waals surface area contributed by atoms with Gasteiger partial charge in [-0.15, -0.1) is 0 Å². The summed E-state index contributed by atoms with van der Waals surface area (Å²) in [4.78, 5) is 0. The van der Waals surface area contributed by atoms with Crippen molar-refractivity contribution >= 4 is 66.7 Å². The van der Waals surface area contributed by atoms with E-state index in [1.807, 2.05) is 0 Å². The zero-order valence-electron chi connectivity index (χ0n) is 34.6. The van der Waals surface area contributed by atoms with Crippen LogP contribution in [0.25, 0.3) is 77.2 Å². The van der Waals surface area contributed by atoms with Crippen molar-refractivity contribution in [2.24, 2.45) is 0 Å². The van der Waals surface area contributed by atoms with Gasteiger partial charge in [-0.25, -0.2) is 0 Å². The maximum Gasteiger partial charge on any atom is 0.252 e. The van der Waals surface area contributed by atoms with Crippen molar-refractivity contribution in [1.82, 2.24) is 9.13 Å². The highest BCUT2D eigenvalue weighted by atomic mass is 15.1. The lowest BCUT2D eigenvalue weighted by atomic mass is 9.33. The molecule has 284 valence electrons. The van der Waals surface area contributed by atoms with E-state index in [2.05, 4.69) is 176 Å². The third kappa shape index (κ3) is 3.68. The van der Waals surface area contributed by atoms with E-state index in [-0.39, 0.29) is 6.71 Å². The molecule has 0 unspecified atom stereocenters. The number of aromatic nitrogens is 2. The zero-order valence-corrected chi connectivity index (χ0v) is 34.6. The van der Waals surface area contributed by atoms with Crippen LogP contribution in [0.4, 0.5) is 0 Å². The number of hydrogen-bond donors (Lipinski definition) is 0. The Bertz CT molecular complexity index is 3550. The summed E-state index contributed by atoms with van der Waals surface area (Å²) in [6.45, 7) is 9.35. The van der Waals surface area contributed by atoms with Gasteiger partial charge in [-0.05, 0) is 140 Å². The summed E-state index contributed by atoms with van der Waals surface area (Å²) in [5, 5.41) is 5.55. The Morgan fingerprint density at radius 2 is 0.967 bits per heavy atom. The second-order valence-electron chi connectivity index (χ2n) is 17.9. The normalized spacial score (nSPS) is 14.4. The van der Waals surface area contributed by atoms with Gasteiger partial charge in [0.15, 0.2) is 0 Å². The van der Waals surface area contributed by atoms with E-state index in [4.69, 9.17) is 0 Å². The van der Waals surface area contributed by atoms with E-state index in [9.17, 15) is 0 Å². The highest BCUT2D eigenvalue weighted by Crippen LogP contribution is 2.62. The Morgan fingerprint density at radius 1 is 0.417 bits per heavy atom. The third-order valence-electron chi connectivity index (χ3n) is 15.3. The van der Waals surface area contributed by atoms with Crippen LogP contribution in [0.1, 0.15) is 72.2 Å². The van der Waals surface area contributed by atoms with Gasteiger partial charge in [-0.2, -0.15) is 0 Å². The van der Waals surface area contributed by atoms with Gasteiger partial charge in [-0.3, -0.25) is 0 Å². The predicted octanol–water partition coefficient (Wildman–Crippen LogP) is 11.6. The molecule has 4 aliphatic rings. The lowest BCUT2D eigenvalue weighted by Gasteiger charge is -2.45. The average molecular weight is 767 g/mol. The molecule has 0 fully saturated rings. The molecule has 0 saturated heterocycles. The maximum atomic E-state index is 2.77. The van der Waals surface area contributed by atoms with E-state index in [0.29, 0.717) is 0 Å². The molecule has 0 bridgehead atoms. The topological polar surface area (TPSA) is 9.86 Å². The van der Waals surface area contributed by atoms with Crippen molar-refractivity contribution < 1.29 is 0 Å². The average Bonchev–Trinajstić information content (AvgIpc) is 3.92. The van der Waals surface area contributed by atoms with Crippen molar-refractivity contribution in [3.8, 4) is 33.6 Å². The lowest BCUT2D eigenvalue weighted by Crippen LogP contribution is -2.60. The van der Waals surface area contributed by atoms with Gasteiger partial charge in [0, 0.05) is 43.8 Å². The second-order valence-corrected chi connectivity index (χ2v) is 17.9. The molecule has 1 spiro atoms. The smallest absolute Gasteiger partial charge is 0.252 e. The van der Waals surface area contributed by atoms with Crippen LogP contribution in [0, 0.1) is 0 Å². The van der Waals surface area contributed by atoms with Gasteiger partial charge in [0.25, 0.3) is 6.71 Å². The summed E-state index contributed by atoms with van der Waals surface area (Å²) in [5.41, 5.74) is 28.5. The molecule has 8 aromatic carbocycles. The van der Waals surface area contributed by atoms with Gasteiger partial charge in [-0.1, -0.05) is 131 Å². The van der Waals surface area contributed by atoms with E-state index in [0.717, 1.165) is 25.7 Å². The number of fused-ring (bicyclic) bond motifs is 14. The molecule has 0 saturated carbocycles. The SMILES string of the molecule is CCc1ccc2c(c1)c1cc(CC)cc3c1n2-c1c(-c2ccccc2)cc2c4c1B3c1cc(CC)cc3c5cc(CC)cc(c5n-4c13)C21c2ccccc2-c2ccccc21. The largest absolute Gasteiger partial charge is 0.310 e. The maximum absolute atomic E-state index is 2.77. The fraction of sp³-hybridized carbons (Fsp3) is 0.158. The summed E-state index contributed by atoms with van der Waals surface area (Å²) < 4.78 is 5.48. The third-order valence-corrected chi connectivity index (χ3v) is 15.3. The minimum atomic E-state index is -0.514. The molecular weight excluding hydrogens is 723 g/mol. The van der Waals surface area contributed by atoms with E-state index in [1.165, 1.54) is 138 Å². The molecule has 1 aliphatic carbocycles. The molecular formula is C57H43BN2. The van der Waals surface area contributed by atoms with Crippen molar-refractivity contribution in [3.63, 3.8) is 0 Å². The van der Waals surface area contributed by atoms with Crippen molar-refractivity contribution in [1.29, 1.82) is 0 Å². The summed E-state index contributed by atoms with van der Waals surface area (Å²) in [6.07, 6.45) is 3.98. The number of nitrogens with zero attached hydrogens (tertiary/aromatic N) is 2. The highest BCUT2D eigenvalue weighted by molar-refractivity contribution is 7.00. The van der Waals surface area contributed by atoms with E-state index >= 15 is 0 Å². The molecule has 10 aromatic rings. The molecule has 0 atom stereocenters. The van der Waals surface area contributed by atoms with Gasteiger partial charge in [0.1, 0.15) is 0 Å². The van der Waals surface area contributed by atoms with Gasteiger partial charge < -0.3 is 9.13 Å². The van der Waals surface area contributed by atoms with Crippen LogP contribution < -0.4 is 16.4 Å². The first-order valence-corrected chi connectivity index (χ1v) is 22.3. The summed E-state index contributed by atoms with van der Waals surface area (Å²) in [5.74, 6) is 0. The minimum Gasteiger partial charge on any atom is -0.310 e. The molecule has 14 rings (SSSR count). The predicted molar refractivity (Wildman–Crippen MR) is 254 cm³/mol. The molecule has 0 radical (unpaired) electrons. The molecule has 60 heavy (non-hydrogen) atoms. The number of hydrogen-bond acceptors (Lipinski definition) is 0. The van der Waals surface area contributed by atoms with Gasteiger partial charge in [0.2, 0.25) is 0 Å². The number of aryl methyl sites for hydroxylation is 4. The molecule has 0 N–H and O–H groups in total. The van der Waals surface area contributed by atoms with Crippen LogP contribution in [0.3, 0.4) is 0 Å². The quantitative estimate of drug-likeness (QED) is 0.154. The number of rotatable bonds is 5. The van der Waals surface area contributed by atoms with Crippen molar-refractivity contribution in [3.05, 3.63) is 184 Å². The Hall–Kier alpha value is -6.58. The Labute approximate surface area is 350 Å².